The maximum absolute atomic E-state index is 11.0. The second-order valence-electron chi connectivity index (χ2n) is 6.27. The summed E-state index contributed by atoms with van der Waals surface area (Å²) in [5.74, 6) is 0.549. The van der Waals surface area contributed by atoms with Crippen LogP contribution >= 0.6 is 11.6 Å². The normalized spacial score (nSPS) is 11.4. The van der Waals surface area contributed by atoms with Crippen LogP contribution in [0.25, 0.3) is 22.6 Å². The Bertz CT molecular complexity index is 1230. The van der Waals surface area contributed by atoms with Gasteiger partial charge in [-0.25, -0.2) is 4.98 Å². The molecule has 0 aliphatic carbocycles. The van der Waals surface area contributed by atoms with Gasteiger partial charge in [0.2, 0.25) is 5.89 Å². The topological polar surface area (TPSA) is 81.5 Å². The maximum Gasteiger partial charge on any atom is 0.288 e. The van der Waals surface area contributed by atoms with Crippen molar-refractivity contribution in [3.8, 4) is 11.5 Å². The summed E-state index contributed by atoms with van der Waals surface area (Å²) >= 11 is 5.83. The van der Waals surface area contributed by atoms with E-state index in [-0.39, 0.29) is 10.7 Å². The molecule has 28 heavy (non-hydrogen) atoms. The summed E-state index contributed by atoms with van der Waals surface area (Å²) in [5, 5.41) is 11.1. The van der Waals surface area contributed by atoms with Crippen molar-refractivity contribution in [1.29, 1.82) is 0 Å². The molecule has 0 saturated heterocycles. The highest BCUT2D eigenvalue weighted by molar-refractivity contribution is 6.32. The quantitative estimate of drug-likeness (QED) is 0.238. The lowest BCUT2D eigenvalue weighted by Crippen LogP contribution is -1.91. The minimum atomic E-state index is -0.520. The molecule has 0 amide bonds. The number of hydrogen-bond donors (Lipinski definition) is 0. The first-order chi connectivity index (χ1) is 13.5. The highest BCUT2D eigenvalue weighted by Crippen LogP contribution is 2.28. The zero-order chi connectivity index (χ0) is 19.7. The van der Waals surface area contributed by atoms with Gasteiger partial charge >= 0.3 is 0 Å². The van der Waals surface area contributed by atoms with Gasteiger partial charge in [-0.1, -0.05) is 35.4 Å². The fourth-order valence-corrected chi connectivity index (χ4v) is 2.98. The first kappa shape index (κ1) is 17.9. The van der Waals surface area contributed by atoms with Crippen LogP contribution in [-0.4, -0.2) is 16.1 Å². The molecule has 6 nitrogen and oxygen atoms in total. The average molecular weight is 392 g/mol. The summed E-state index contributed by atoms with van der Waals surface area (Å²) in [6.45, 7) is 2.01. The van der Waals surface area contributed by atoms with E-state index in [0.29, 0.717) is 28.2 Å². The van der Waals surface area contributed by atoms with Crippen molar-refractivity contribution in [2.75, 3.05) is 0 Å². The predicted octanol–water partition coefficient (Wildman–Crippen LogP) is 6.12. The van der Waals surface area contributed by atoms with Gasteiger partial charge in [-0.2, -0.15) is 0 Å². The SMILES string of the molecule is Cc1cccc(-c2nc3cc(N=Cc4ccc(Cl)c([N+](=O)[O-])c4)ccc3o2)c1. The van der Waals surface area contributed by atoms with Crippen LogP contribution in [0.4, 0.5) is 11.4 Å². The van der Waals surface area contributed by atoms with Crippen molar-refractivity contribution in [2.24, 2.45) is 4.99 Å². The van der Waals surface area contributed by atoms with Gasteiger partial charge in [0.05, 0.1) is 10.6 Å². The highest BCUT2D eigenvalue weighted by atomic mass is 35.5. The number of fused-ring (bicyclic) bond motifs is 1. The number of aromatic nitrogens is 1. The van der Waals surface area contributed by atoms with Crippen molar-refractivity contribution in [3.63, 3.8) is 0 Å². The van der Waals surface area contributed by atoms with Crippen LogP contribution < -0.4 is 0 Å². The van der Waals surface area contributed by atoms with E-state index >= 15 is 0 Å². The maximum atomic E-state index is 11.0. The number of halogens is 1. The Morgan fingerprint density at radius 1 is 1.14 bits per heavy atom. The minimum absolute atomic E-state index is 0.0924. The number of nitrogens with zero attached hydrogens (tertiary/aromatic N) is 3. The molecule has 4 aromatic rings. The lowest BCUT2D eigenvalue weighted by Gasteiger charge is -1.97. The van der Waals surface area contributed by atoms with Crippen LogP contribution in [0.2, 0.25) is 5.02 Å². The summed E-state index contributed by atoms with van der Waals surface area (Å²) in [7, 11) is 0. The van der Waals surface area contributed by atoms with E-state index in [0.717, 1.165) is 11.1 Å². The number of benzene rings is 3. The lowest BCUT2D eigenvalue weighted by atomic mass is 10.1. The minimum Gasteiger partial charge on any atom is -0.436 e. The summed E-state index contributed by atoms with van der Waals surface area (Å²) in [5.41, 5.74) is 4.48. The van der Waals surface area contributed by atoms with Crippen LogP contribution in [0, 0.1) is 17.0 Å². The summed E-state index contributed by atoms with van der Waals surface area (Å²) in [4.78, 5) is 19.4. The van der Waals surface area contributed by atoms with E-state index in [1.54, 1.807) is 30.5 Å². The first-order valence-corrected chi connectivity index (χ1v) is 8.83. The number of oxazole rings is 1. The van der Waals surface area contributed by atoms with Gasteiger partial charge in [-0.15, -0.1) is 0 Å². The molecule has 7 heteroatoms. The Kier molecular flexibility index (Phi) is 4.63. The summed E-state index contributed by atoms with van der Waals surface area (Å²) < 4.78 is 5.83. The van der Waals surface area contributed by atoms with E-state index in [9.17, 15) is 10.1 Å². The van der Waals surface area contributed by atoms with E-state index in [2.05, 4.69) is 9.98 Å². The molecular weight excluding hydrogens is 378 g/mol. The van der Waals surface area contributed by atoms with Gasteiger partial charge in [-0.05, 0) is 48.9 Å². The average Bonchev–Trinajstić information content (AvgIpc) is 3.10. The Labute approximate surface area is 165 Å². The number of rotatable bonds is 4. The van der Waals surface area contributed by atoms with Gasteiger partial charge in [0.15, 0.2) is 5.58 Å². The molecule has 3 aromatic carbocycles. The van der Waals surface area contributed by atoms with E-state index in [4.69, 9.17) is 16.0 Å². The van der Waals surface area contributed by atoms with Gasteiger partial charge in [0.25, 0.3) is 5.69 Å². The fourth-order valence-electron chi connectivity index (χ4n) is 2.80. The van der Waals surface area contributed by atoms with Gasteiger partial charge in [-0.3, -0.25) is 15.1 Å². The monoisotopic (exact) mass is 391 g/mol. The number of aryl methyl sites for hydroxylation is 1. The number of hydrogen-bond acceptors (Lipinski definition) is 5. The molecule has 0 atom stereocenters. The third-order valence-corrected chi connectivity index (χ3v) is 4.49. The van der Waals surface area contributed by atoms with Crippen LogP contribution in [-0.2, 0) is 0 Å². The van der Waals surface area contributed by atoms with Crippen LogP contribution in [0.3, 0.4) is 0 Å². The largest absolute Gasteiger partial charge is 0.436 e. The van der Waals surface area contributed by atoms with Gasteiger partial charge < -0.3 is 4.42 Å². The van der Waals surface area contributed by atoms with Crippen molar-refractivity contribution >= 4 is 40.3 Å². The molecule has 138 valence electrons. The molecule has 0 spiro atoms. The Morgan fingerprint density at radius 2 is 2.00 bits per heavy atom. The molecule has 0 bridgehead atoms. The van der Waals surface area contributed by atoms with Crippen molar-refractivity contribution < 1.29 is 9.34 Å². The van der Waals surface area contributed by atoms with Gasteiger partial charge in [0.1, 0.15) is 10.5 Å². The van der Waals surface area contributed by atoms with E-state index < -0.39 is 4.92 Å². The first-order valence-electron chi connectivity index (χ1n) is 8.45. The van der Waals surface area contributed by atoms with E-state index in [1.807, 2.05) is 31.2 Å². The molecule has 1 heterocycles. The Hall–Kier alpha value is -3.51. The Morgan fingerprint density at radius 3 is 2.79 bits per heavy atom. The van der Waals surface area contributed by atoms with Crippen molar-refractivity contribution in [3.05, 3.63) is 86.9 Å². The molecule has 0 saturated carbocycles. The number of aliphatic imine (C=N–C) groups is 1. The molecule has 0 aliphatic heterocycles. The van der Waals surface area contributed by atoms with Gasteiger partial charge in [0, 0.05) is 17.8 Å². The molecular formula is C21H14ClN3O3. The molecule has 0 radical (unpaired) electrons. The molecule has 0 N–H and O–H groups in total. The fraction of sp³-hybridized carbons (Fsp3) is 0.0476. The van der Waals surface area contributed by atoms with E-state index in [1.165, 1.54) is 12.1 Å². The molecule has 0 unspecified atom stereocenters. The Balaban J connectivity index is 1.64. The molecule has 0 aliphatic rings. The third kappa shape index (κ3) is 3.63. The predicted molar refractivity (Wildman–Crippen MR) is 110 cm³/mol. The van der Waals surface area contributed by atoms with Crippen LogP contribution in [0.1, 0.15) is 11.1 Å². The second-order valence-corrected chi connectivity index (χ2v) is 6.67. The second kappa shape index (κ2) is 7.25. The summed E-state index contributed by atoms with van der Waals surface area (Å²) in [6, 6.07) is 17.9. The zero-order valence-electron chi connectivity index (χ0n) is 14.8. The summed E-state index contributed by atoms with van der Waals surface area (Å²) in [6.07, 6.45) is 1.55. The zero-order valence-corrected chi connectivity index (χ0v) is 15.6. The smallest absolute Gasteiger partial charge is 0.288 e. The lowest BCUT2D eigenvalue weighted by molar-refractivity contribution is -0.384. The highest BCUT2D eigenvalue weighted by Gasteiger charge is 2.12. The molecule has 1 aromatic heterocycles. The molecule has 4 rings (SSSR count). The molecule has 0 fully saturated rings. The third-order valence-electron chi connectivity index (χ3n) is 4.17. The van der Waals surface area contributed by atoms with Crippen molar-refractivity contribution in [2.45, 2.75) is 6.92 Å². The number of nitro benzene ring substituents is 1. The standard InChI is InChI=1S/C21H14ClN3O3/c1-13-3-2-4-15(9-13)21-24-18-11-16(6-8-20(18)28-21)23-12-14-5-7-17(22)19(10-14)25(26)27/h2-12H,1H3. The number of nitro groups is 1. The van der Waals surface area contributed by atoms with Crippen LogP contribution in [0.5, 0.6) is 0 Å². The van der Waals surface area contributed by atoms with Crippen molar-refractivity contribution in [1.82, 2.24) is 4.98 Å². The van der Waals surface area contributed by atoms with Crippen LogP contribution in [0.15, 0.2) is 70.1 Å².